The largest absolute Gasteiger partial charge is 0.496 e. The van der Waals surface area contributed by atoms with E-state index in [0.717, 1.165) is 10.9 Å². The Morgan fingerprint density at radius 1 is 0.952 bits per heavy atom. The van der Waals surface area contributed by atoms with Crippen LogP contribution >= 0.6 is 8.58 Å². The number of methoxy groups -OCH3 is 2. The van der Waals surface area contributed by atoms with Crippen molar-refractivity contribution in [3.05, 3.63) is 53.6 Å². The summed E-state index contributed by atoms with van der Waals surface area (Å²) in [6.45, 7) is 2.01. The molecule has 0 fully saturated rings. The van der Waals surface area contributed by atoms with Gasteiger partial charge in [0.05, 0.1) is 14.2 Å². The van der Waals surface area contributed by atoms with E-state index in [4.69, 9.17) is 9.47 Å². The molecule has 0 bridgehead atoms. The molecule has 0 aliphatic heterocycles. The first-order valence-corrected chi connectivity index (χ1v) is 7.25. The molecule has 0 spiro atoms. The minimum atomic E-state index is 0. The maximum absolute atomic E-state index is 12.6. The van der Waals surface area contributed by atoms with Crippen LogP contribution in [0.1, 0.15) is 15.9 Å². The summed E-state index contributed by atoms with van der Waals surface area (Å²) in [6.07, 6.45) is 0. The van der Waals surface area contributed by atoms with Gasteiger partial charge in [0.2, 0.25) is 0 Å². The first-order chi connectivity index (χ1) is 9.67. The number of hydrogen-bond acceptors (Lipinski definition) is 3. The van der Waals surface area contributed by atoms with E-state index in [9.17, 15) is 4.79 Å². The third kappa shape index (κ3) is 4.11. The number of carbonyl (C=O) groups excluding carboxylic acids is 1. The maximum atomic E-state index is 12.6. The standard InChI is InChI=1S/C16H17O3P.Li/c1-11-7-4-5-10-14(11)20-16(17)15-12(18-2)8-6-9-13(15)19-3;/h4-10,20H,1-3H3;. The van der Waals surface area contributed by atoms with Gasteiger partial charge in [0.15, 0.2) is 5.52 Å². The maximum Gasteiger partial charge on any atom is 0.193 e. The summed E-state index contributed by atoms with van der Waals surface area (Å²) in [5.74, 6) is 1.10. The minimum Gasteiger partial charge on any atom is -0.496 e. The van der Waals surface area contributed by atoms with Crippen LogP contribution in [0.15, 0.2) is 42.5 Å². The van der Waals surface area contributed by atoms with E-state index >= 15 is 0 Å². The Labute approximate surface area is 139 Å². The van der Waals surface area contributed by atoms with Gasteiger partial charge in [0.25, 0.3) is 0 Å². The van der Waals surface area contributed by atoms with Gasteiger partial charge in [-0.25, -0.2) is 0 Å². The van der Waals surface area contributed by atoms with Gasteiger partial charge in [-0.3, -0.25) is 4.79 Å². The molecule has 0 saturated heterocycles. The van der Waals surface area contributed by atoms with E-state index in [-0.39, 0.29) is 33.0 Å². The van der Waals surface area contributed by atoms with Crippen LogP contribution in [-0.4, -0.2) is 38.6 Å². The molecule has 3 nitrogen and oxygen atoms in total. The van der Waals surface area contributed by atoms with Crippen molar-refractivity contribution in [3.63, 3.8) is 0 Å². The fourth-order valence-corrected chi connectivity index (χ4v) is 3.05. The summed E-state index contributed by atoms with van der Waals surface area (Å²) < 4.78 is 10.6. The molecule has 1 atom stereocenters. The smallest absolute Gasteiger partial charge is 0.193 e. The molecule has 2 rings (SSSR count). The molecular weight excluding hydrogens is 278 g/mol. The molecule has 1 unspecified atom stereocenters. The Morgan fingerprint density at radius 3 is 2.05 bits per heavy atom. The molecule has 1 radical (unpaired) electrons. The Morgan fingerprint density at radius 2 is 1.52 bits per heavy atom. The van der Waals surface area contributed by atoms with Crippen LogP contribution in [-0.2, 0) is 0 Å². The van der Waals surface area contributed by atoms with Crippen molar-refractivity contribution >= 4 is 38.3 Å². The Bertz CT molecular complexity index is 606. The van der Waals surface area contributed by atoms with Crippen LogP contribution in [0.4, 0.5) is 0 Å². The van der Waals surface area contributed by atoms with Crippen molar-refractivity contribution in [2.75, 3.05) is 14.2 Å². The second-order valence-electron chi connectivity index (χ2n) is 4.31. The molecule has 21 heavy (non-hydrogen) atoms. The van der Waals surface area contributed by atoms with Crippen molar-refractivity contribution in [1.82, 2.24) is 0 Å². The van der Waals surface area contributed by atoms with Gasteiger partial charge in [-0.2, -0.15) is 0 Å². The zero-order valence-electron chi connectivity index (χ0n) is 12.8. The van der Waals surface area contributed by atoms with E-state index in [2.05, 4.69) is 0 Å². The first kappa shape index (κ1) is 17.8. The average Bonchev–Trinajstić information content (AvgIpc) is 2.48. The first-order valence-electron chi connectivity index (χ1n) is 6.25. The van der Waals surface area contributed by atoms with Crippen molar-refractivity contribution in [2.24, 2.45) is 0 Å². The fourth-order valence-electron chi connectivity index (χ4n) is 1.97. The molecule has 0 amide bonds. The molecule has 0 N–H and O–H groups in total. The quantitative estimate of drug-likeness (QED) is 0.628. The van der Waals surface area contributed by atoms with Crippen molar-refractivity contribution in [3.8, 4) is 11.5 Å². The predicted molar refractivity (Wildman–Crippen MR) is 88.8 cm³/mol. The summed E-state index contributed by atoms with van der Waals surface area (Å²) in [5, 5.41) is 1.05. The summed E-state index contributed by atoms with van der Waals surface area (Å²) >= 11 is 0. The van der Waals surface area contributed by atoms with Crippen LogP contribution in [0.3, 0.4) is 0 Å². The summed E-state index contributed by atoms with van der Waals surface area (Å²) in [4.78, 5) is 12.6. The number of benzene rings is 2. The molecule has 5 heteroatoms. The van der Waals surface area contributed by atoms with E-state index in [1.54, 1.807) is 26.4 Å². The minimum absolute atomic E-state index is 0. The zero-order chi connectivity index (χ0) is 14.5. The number of hydrogen-bond donors (Lipinski definition) is 0. The second kappa shape index (κ2) is 8.25. The Hall–Kier alpha value is -1.26. The normalized spacial score (nSPS) is 10.2. The number of ether oxygens (including phenoxy) is 2. The van der Waals surface area contributed by atoms with Crippen molar-refractivity contribution in [2.45, 2.75) is 6.92 Å². The third-order valence-corrected chi connectivity index (χ3v) is 4.36. The molecule has 0 aliphatic carbocycles. The van der Waals surface area contributed by atoms with Crippen LogP contribution in [0.25, 0.3) is 0 Å². The SMILES string of the molecule is COc1cccc(OC)c1C(=O)Pc1ccccc1C.[Li]. The van der Waals surface area contributed by atoms with E-state index in [0.29, 0.717) is 17.1 Å². The molecule has 2 aromatic carbocycles. The Kier molecular flexibility index (Phi) is 6.98. The van der Waals surface area contributed by atoms with Crippen LogP contribution < -0.4 is 14.8 Å². The van der Waals surface area contributed by atoms with Crippen LogP contribution in [0.2, 0.25) is 0 Å². The molecule has 0 aromatic heterocycles. The zero-order valence-corrected chi connectivity index (χ0v) is 13.8. The number of aryl methyl sites for hydroxylation is 1. The van der Waals surface area contributed by atoms with Gasteiger partial charge in [-0.05, 0) is 38.5 Å². The molecule has 105 valence electrons. The van der Waals surface area contributed by atoms with Gasteiger partial charge >= 0.3 is 0 Å². The van der Waals surface area contributed by atoms with Crippen LogP contribution in [0.5, 0.6) is 11.5 Å². The van der Waals surface area contributed by atoms with Gasteiger partial charge in [0.1, 0.15) is 17.1 Å². The van der Waals surface area contributed by atoms with Gasteiger partial charge < -0.3 is 9.47 Å². The van der Waals surface area contributed by atoms with Gasteiger partial charge in [0, 0.05) is 18.9 Å². The molecule has 2 aromatic rings. The predicted octanol–water partition coefficient (Wildman–Crippen LogP) is 2.78. The fraction of sp³-hybridized carbons (Fsp3) is 0.188. The van der Waals surface area contributed by atoms with E-state index in [1.165, 1.54) is 0 Å². The topological polar surface area (TPSA) is 35.5 Å². The summed E-state index contributed by atoms with van der Waals surface area (Å²) in [6, 6.07) is 13.3. The van der Waals surface area contributed by atoms with Gasteiger partial charge in [-0.1, -0.05) is 30.3 Å². The average molecular weight is 295 g/mol. The van der Waals surface area contributed by atoms with Crippen molar-refractivity contribution < 1.29 is 14.3 Å². The summed E-state index contributed by atoms with van der Waals surface area (Å²) in [7, 11) is 3.17. The monoisotopic (exact) mass is 295 g/mol. The van der Waals surface area contributed by atoms with E-state index < -0.39 is 0 Å². The van der Waals surface area contributed by atoms with Crippen LogP contribution in [0, 0.1) is 6.92 Å². The van der Waals surface area contributed by atoms with Crippen molar-refractivity contribution in [1.29, 1.82) is 0 Å². The molecule has 0 saturated carbocycles. The third-order valence-electron chi connectivity index (χ3n) is 3.05. The molecule has 0 heterocycles. The second-order valence-corrected chi connectivity index (χ2v) is 5.55. The van der Waals surface area contributed by atoms with Gasteiger partial charge in [-0.15, -0.1) is 0 Å². The molecule has 0 aliphatic rings. The Balaban J connectivity index is 0.00000220. The van der Waals surface area contributed by atoms with E-state index in [1.807, 2.05) is 37.3 Å². The molecular formula is C16H17LiO3P. The number of carbonyl (C=O) groups is 1. The summed E-state index contributed by atoms with van der Waals surface area (Å²) in [5.41, 5.74) is 1.65. The number of rotatable bonds is 5.